The lowest BCUT2D eigenvalue weighted by Gasteiger charge is -2.18. The van der Waals surface area contributed by atoms with Gasteiger partial charge in [-0.15, -0.1) is 0 Å². The average Bonchev–Trinajstić information content (AvgIpc) is 2.70. The van der Waals surface area contributed by atoms with Gasteiger partial charge in [-0.3, -0.25) is 0 Å². The minimum Gasteiger partial charge on any atom is -0.497 e. The van der Waals surface area contributed by atoms with Gasteiger partial charge in [0.25, 0.3) is 0 Å². The van der Waals surface area contributed by atoms with Crippen LogP contribution in [0.5, 0.6) is 11.5 Å². The monoisotopic (exact) mass is 355 g/mol. The third kappa shape index (κ3) is 5.69. The largest absolute Gasteiger partial charge is 0.497 e. The van der Waals surface area contributed by atoms with Gasteiger partial charge in [-0.05, 0) is 36.2 Å². The van der Waals surface area contributed by atoms with Crippen LogP contribution in [-0.4, -0.2) is 33.3 Å². The molecule has 0 amide bonds. The molecule has 1 atom stereocenters. The van der Waals surface area contributed by atoms with Crippen molar-refractivity contribution in [2.45, 2.75) is 26.3 Å². The average molecular weight is 355 g/mol. The summed E-state index contributed by atoms with van der Waals surface area (Å²) >= 11 is 0. The molecule has 0 radical (unpaired) electrons. The first kappa shape index (κ1) is 19.6. The van der Waals surface area contributed by atoms with E-state index in [0.717, 1.165) is 36.1 Å². The van der Waals surface area contributed by atoms with E-state index < -0.39 is 0 Å². The normalized spacial score (nSPS) is 12.4. The van der Waals surface area contributed by atoms with Crippen LogP contribution in [0, 0.1) is 0 Å². The highest BCUT2D eigenvalue weighted by molar-refractivity contribution is 5.79. The zero-order valence-electron chi connectivity index (χ0n) is 16.1. The molecule has 0 saturated heterocycles. The lowest BCUT2D eigenvalue weighted by Crippen LogP contribution is -2.39. The molecule has 2 aromatic carbocycles. The van der Waals surface area contributed by atoms with E-state index in [0.29, 0.717) is 12.5 Å². The second-order valence-electron chi connectivity index (χ2n) is 6.07. The Morgan fingerprint density at radius 2 is 1.73 bits per heavy atom. The maximum Gasteiger partial charge on any atom is 0.191 e. The van der Waals surface area contributed by atoms with E-state index in [1.807, 2.05) is 42.5 Å². The number of nitrogens with one attached hydrogen (secondary N) is 2. The fourth-order valence-electron chi connectivity index (χ4n) is 2.68. The highest BCUT2D eigenvalue weighted by Crippen LogP contribution is 2.25. The molecular formula is C21H29N3O2. The quantitative estimate of drug-likeness (QED) is 0.561. The van der Waals surface area contributed by atoms with Crippen molar-refractivity contribution in [3.8, 4) is 11.5 Å². The maximum absolute atomic E-state index is 5.46. The number of methoxy groups -OCH3 is 2. The Kier molecular flexibility index (Phi) is 7.80. The summed E-state index contributed by atoms with van der Waals surface area (Å²) in [5.41, 5.74) is 2.33. The van der Waals surface area contributed by atoms with Gasteiger partial charge in [0.1, 0.15) is 11.5 Å². The van der Waals surface area contributed by atoms with E-state index in [-0.39, 0.29) is 0 Å². The van der Waals surface area contributed by atoms with Gasteiger partial charge in [-0.1, -0.05) is 37.3 Å². The number of hydrogen-bond donors (Lipinski definition) is 2. The molecule has 2 rings (SSSR count). The SMILES string of the molecule is CCNC(=NCc1ccc(OC)cc1)NCC(C)c1ccccc1OC. The van der Waals surface area contributed by atoms with Crippen LogP contribution < -0.4 is 20.1 Å². The number of aliphatic imine (C=N–C) groups is 1. The van der Waals surface area contributed by atoms with Gasteiger partial charge >= 0.3 is 0 Å². The summed E-state index contributed by atoms with van der Waals surface area (Å²) < 4.78 is 10.6. The first-order chi connectivity index (χ1) is 12.7. The van der Waals surface area contributed by atoms with E-state index in [1.54, 1.807) is 14.2 Å². The van der Waals surface area contributed by atoms with Crippen LogP contribution >= 0.6 is 0 Å². The molecule has 0 spiro atoms. The summed E-state index contributed by atoms with van der Waals surface area (Å²) in [5.74, 6) is 2.89. The lowest BCUT2D eigenvalue weighted by molar-refractivity contribution is 0.406. The molecule has 26 heavy (non-hydrogen) atoms. The number of benzene rings is 2. The molecule has 0 aromatic heterocycles. The van der Waals surface area contributed by atoms with Gasteiger partial charge in [0, 0.05) is 19.0 Å². The molecule has 0 aliphatic rings. The van der Waals surface area contributed by atoms with E-state index in [9.17, 15) is 0 Å². The van der Waals surface area contributed by atoms with Crippen molar-refractivity contribution in [3.63, 3.8) is 0 Å². The Balaban J connectivity index is 1.98. The van der Waals surface area contributed by atoms with Gasteiger partial charge in [-0.25, -0.2) is 4.99 Å². The van der Waals surface area contributed by atoms with E-state index in [4.69, 9.17) is 9.47 Å². The molecule has 2 N–H and O–H groups in total. The molecule has 0 bridgehead atoms. The van der Waals surface area contributed by atoms with Crippen molar-refractivity contribution >= 4 is 5.96 Å². The Labute approximate surface area is 156 Å². The van der Waals surface area contributed by atoms with E-state index in [1.165, 1.54) is 5.56 Å². The minimum absolute atomic E-state index is 0.302. The summed E-state index contributed by atoms with van der Waals surface area (Å²) in [5, 5.41) is 6.72. The van der Waals surface area contributed by atoms with Gasteiger partial charge < -0.3 is 20.1 Å². The van der Waals surface area contributed by atoms with Crippen LogP contribution in [0.15, 0.2) is 53.5 Å². The number of hydrogen-bond acceptors (Lipinski definition) is 3. The third-order valence-electron chi connectivity index (χ3n) is 4.17. The van der Waals surface area contributed by atoms with Crippen LogP contribution in [0.4, 0.5) is 0 Å². The predicted octanol–water partition coefficient (Wildman–Crippen LogP) is 3.56. The summed E-state index contributed by atoms with van der Waals surface area (Å²) in [6, 6.07) is 16.1. The van der Waals surface area contributed by atoms with Gasteiger partial charge in [-0.2, -0.15) is 0 Å². The Morgan fingerprint density at radius 3 is 2.38 bits per heavy atom. The number of para-hydroxylation sites is 1. The molecule has 5 nitrogen and oxygen atoms in total. The van der Waals surface area contributed by atoms with Crippen LogP contribution in [0.3, 0.4) is 0 Å². The maximum atomic E-state index is 5.46. The molecule has 1 unspecified atom stereocenters. The van der Waals surface area contributed by atoms with Gasteiger partial charge in [0.2, 0.25) is 0 Å². The first-order valence-corrected chi connectivity index (χ1v) is 8.96. The molecule has 0 heterocycles. The smallest absolute Gasteiger partial charge is 0.191 e. The van der Waals surface area contributed by atoms with Crippen LogP contribution in [0.2, 0.25) is 0 Å². The van der Waals surface area contributed by atoms with E-state index >= 15 is 0 Å². The zero-order chi connectivity index (χ0) is 18.8. The Hall–Kier alpha value is -2.69. The Bertz CT molecular complexity index is 699. The molecule has 0 aliphatic carbocycles. The van der Waals surface area contributed by atoms with Gasteiger partial charge in [0.15, 0.2) is 5.96 Å². The van der Waals surface area contributed by atoms with E-state index in [2.05, 4.69) is 35.5 Å². The molecule has 0 aliphatic heterocycles. The summed E-state index contributed by atoms with van der Waals surface area (Å²) in [6.07, 6.45) is 0. The summed E-state index contributed by atoms with van der Waals surface area (Å²) in [4.78, 5) is 4.67. The predicted molar refractivity (Wildman–Crippen MR) is 107 cm³/mol. The van der Waals surface area contributed by atoms with Crippen molar-refractivity contribution in [1.29, 1.82) is 0 Å². The summed E-state index contributed by atoms with van der Waals surface area (Å²) in [7, 11) is 3.38. The minimum atomic E-state index is 0.302. The van der Waals surface area contributed by atoms with Crippen molar-refractivity contribution in [1.82, 2.24) is 10.6 Å². The summed E-state index contributed by atoms with van der Waals surface area (Å²) in [6.45, 7) is 6.45. The number of rotatable bonds is 8. The van der Waals surface area contributed by atoms with Crippen LogP contribution in [0.25, 0.3) is 0 Å². The van der Waals surface area contributed by atoms with Crippen LogP contribution in [-0.2, 0) is 6.54 Å². The highest BCUT2D eigenvalue weighted by atomic mass is 16.5. The lowest BCUT2D eigenvalue weighted by atomic mass is 10.0. The number of guanidine groups is 1. The number of ether oxygens (including phenoxy) is 2. The Morgan fingerprint density at radius 1 is 1.00 bits per heavy atom. The molecule has 0 saturated carbocycles. The molecule has 0 fully saturated rings. The second kappa shape index (κ2) is 10.3. The topological polar surface area (TPSA) is 54.9 Å². The fraction of sp³-hybridized carbons (Fsp3) is 0.381. The third-order valence-corrected chi connectivity index (χ3v) is 4.17. The highest BCUT2D eigenvalue weighted by Gasteiger charge is 2.11. The van der Waals surface area contributed by atoms with Gasteiger partial charge in [0.05, 0.1) is 20.8 Å². The van der Waals surface area contributed by atoms with Crippen molar-refractivity contribution in [3.05, 3.63) is 59.7 Å². The standard InChI is InChI=1S/C21H29N3O2/c1-5-22-21(24-15-17-10-12-18(25-3)13-11-17)23-14-16(2)19-8-6-7-9-20(19)26-4/h6-13,16H,5,14-15H2,1-4H3,(H2,22,23,24). The van der Waals surface area contributed by atoms with Crippen molar-refractivity contribution in [2.24, 2.45) is 4.99 Å². The molecular weight excluding hydrogens is 326 g/mol. The first-order valence-electron chi connectivity index (χ1n) is 8.96. The zero-order valence-corrected chi connectivity index (χ0v) is 16.1. The molecule has 2 aromatic rings. The molecule has 140 valence electrons. The fourth-order valence-corrected chi connectivity index (χ4v) is 2.68. The molecule has 5 heteroatoms. The van der Waals surface area contributed by atoms with Crippen LogP contribution in [0.1, 0.15) is 30.9 Å². The van der Waals surface area contributed by atoms with Crippen molar-refractivity contribution in [2.75, 3.05) is 27.3 Å². The second-order valence-corrected chi connectivity index (χ2v) is 6.07. The van der Waals surface area contributed by atoms with Crippen molar-refractivity contribution < 1.29 is 9.47 Å². The number of nitrogens with zero attached hydrogens (tertiary/aromatic N) is 1.